The van der Waals surface area contributed by atoms with Crippen LogP contribution in [0.25, 0.3) is 0 Å². The van der Waals surface area contributed by atoms with E-state index < -0.39 is 6.10 Å². The van der Waals surface area contributed by atoms with E-state index in [1.165, 1.54) is 24.1 Å². The van der Waals surface area contributed by atoms with E-state index in [1.54, 1.807) is 12.1 Å². The van der Waals surface area contributed by atoms with E-state index in [0.717, 1.165) is 18.4 Å². The van der Waals surface area contributed by atoms with Crippen LogP contribution in [0.5, 0.6) is 0 Å². The van der Waals surface area contributed by atoms with Crippen LogP contribution in [-0.2, 0) is 0 Å². The summed E-state index contributed by atoms with van der Waals surface area (Å²) in [5, 5.41) is 9.75. The fourth-order valence-electron chi connectivity index (χ4n) is 1.53. The molecule has 0 bridgehead atoms. The van der Waals surface area contributed by atoms with Crippen molar-refractivity contribution < 1.29 is 9.50 Å². The molecule has 1 fully saturated rings. The quantitative estimate of drug-likeness (QED) is 0.714. The van der Waals surface area contributed by atoms with Crippen LogP contribution in [-0.4, -0.2) is 5.11 Å². The third-order valence-corrected chi connectivity index (χ3v) is 2.60. The molecule has 14 heavy (non-hydrogen) atoms. The summed E-state index contributed by atoms with van der Waals surface area (Å²) in [6.45, 7) is 0. The first-order valence-corrected chi connectivity index (χ1v) is 4.89. The van der Waals surface area contributed by atoms with Crippen molar-refractivity contribution in [1.29, 1.82) is 0 Å². The van der Waals surface area contributed by atoms with E-state index in [0.29, 0.717) is 0 Å². The summed E-state index contributed by atoms with van der Waals surface area (Å²) in [6, 6.07) is 5.99. The van der Waals surface area contributed by atoms with Crippen molar-refractivity contribution in [3.8, 4) is 0 Å². The second kappa shape index (κ2) is 3.93. The third kappa shape index (κ3) is 2.02. The molecule has 0 saturated heterocycles. The van der Waals surface area contributed by atoms with E-state index in [1.807, 2.05) is 6.08 Å². The highest BCUT2D eigenvalue weighted by atomic mass is 19.1. The van der Waals surface area contributed by atoms with Crippen LogP contribution in [0.2, 0.25) is 0 Å². The highest BCUT2D eigenvalue weighted by Crippen LogP contribution is 2.28. The molecule has 1 atom stereocenters. The number of aliphatic hydroxyl groups is 1. The van der Waals surface area contributed by atoms with Crippen LogP contribution < -0.4 is 0 Å². The summed E-state index contributed by atoms with van der Waals surface area (Å²) in [7, 11) is 0. The van der Waals surface area contributed by atoms with Gasteiger partial charge < -0.3 is 5.11 Å². The topological polar surface area (TPSA) is 20.2 Å². The van der Waals surface area contributed by atoms with Crippen molar-refractivity contribution in [2.45, 2.75) is 25.4 Å². The molecule has 1 aromatic carbocycles. The summed E-state index contributed by atoms with van der Waals surface area (Å²) >= 11 is 0. The number of allylic oxidation sites excluding steroid dienone is 1. The van der Waals surface area contributed by atoms with Crippen molar-refractivity contribution >= 4 is 0 Å². The van der Waals surface area contributed by atoms with Crippen LogP contribution >= 0.6 is 0 Å². The Labute approximate surface area is 82.9 Å². The van der Waals surface area contributed by atoms with Gasteiger partial charge >= 0.3 is 0 Å². The van der Waals surface area contributed by atoms with Crippen LogP contribution in [0, 0.1) is 5.82 Å². The summed E-state index contributed by atoms with van der Waals surface area (Å²) < 4.78 is 12.6. The maximum absolute atomic E-state index is 12.6. The zero-order chi connectivity index (χ0) is 9.97. The average Bonchev–Trinajstić information content (AvgIpc) is 2.12. The van der Waals surface area contributed by atoms with Gasteiger partial charge in [-0.15, -0.1) is 0 Å². The zero-order valence-corrected chi connectivity index (χ0v) is 7.91. The molecule has 0 heterocycles. The maximum Gasteiger partial charge on any atom is 0.123 e. The summed E-state index contributed by atoms with van der Waals surface area (Å²) in [5.74, 6) is -0.266. The molecular weight excluding hydrogens is 179 g/mol. The standard InChI is InChI=1S/C12H13FO/c13-11-6-4-10(5-7-11)12(14)8-9-2-1-3-9/h4-8,12,14H,1-3H2. The van der Waals surface area contributed by atoms with E-state index in [4.69, 9.17) is 0 Å². The summed E-state index contributed by atoms with van der Waals surface area (Å²) in [4.78, 5) is 0. The minimum atomic E-state index is -0.578. The minimum Gasteiger partial charge on any atom is -0.384 e. The Kier molecular flexibility index (Phi) is 2.64. The Bertz CT molecular complexity index is 334. The molecule has 2 rings (SSSR count). The number of halogens is 1. The highest BCUT2D eigenvalue weighted by molar-refractivity contribution is 5.24. The number of hydrogen-bond donors (Lipinski definition) is 1. The highest BCUT2D eigenvalue weighted by Gasteiger charge is 2.11. The van der Waals surface area contributed by atoms with E-state index >= 15 is 0 Å². The molecule has 1 unspecified atom stereocenters. The van der Waals surface area contributed by atoms with Crippen molar-refractivity contribution in [2.24, 2.45) is 0 Å². The SMILES string of the molecule is OC(C=C1CCC1)c1ccc(F)cc1. The first-order valence-electron chi connectivity index (χ1n) is 4.89. The molecule has 0 aliphatic heterocycles. The van der Waals surface area contributed by atoms with Crippen molar-refractivity contribution in [3.05, 3.63) is 47.3 Å². The first-order chi connectivity index (χ1) is 6.75. The van der Waals surface area contributed by atoms with Gasteiger partial charge in [0.15, 0.2) is 0 Å². The zero-order valence-electron chi connectivity index (χ0n) is 7.91. The molecule has 1 saturated carbocycles. The van der Waals surface area contributed by atoms with Crippen LogP contribution in [0.4, 0.5) is 4.39 Å². The lowest BCUT2D eigenvalue weighted by atomic mass is 9.90. The lowest BCUT2D eigenvalue weighted by Gasteiger charge is -2.18. The van der Waals surface area contributed by atoms with Gasteiger partial charge in [-0.25, -0.2) is 4.39 Å². The van der Waals surface area contributed by atoms with Gasteiger partial charge in [0.25, 0.3) is 0 Å². The molecule has 1 aliphatic carbocycles. The molecule has 0 radical (unpaired) electrons. The van der Waals surface area contributed by atoms with Gasteiger partial charge in [0.05, 0.1) is 6.10 Å². The number of rotatable bonds is 2. The number of aliphatic hydroxyl groups excluding tert-OH is 1. The Morgan fingerprint density at radius 3 is 2.36 bits per heavy atom. The van der Waals surface area contributed by atoms with Crippen LogP contribution in [0.1, 0.15) is 30.9 Å². The minimum absolute atomic E-state index is 0.266. The third-order valence-electron chi connectivity index (χ3n) is 2.60. The normalized spacial score (nSPS) is 17.4. The van der Waals surface area contributed by atoms with E-state index in [9.17, 15) is 9.50 Å². The number of hydrogen-bond acceptors (Lipinski definition) is 1. The second-order valence-electron chi connectivity index (χ2n) is 3.67. The predicted octanol–water partition coefficient (Wildman–Crippen LogP) is 2.97. The van der Waals surface area contributed by atoms with Gasteiger partial charge in [-0.3, -0.25) is 0 Å². The smallest absolute Gasteiger partial charge is 0.123 e. The fourth-order valence-corrected chi connectivity index (χ4v) is 1.53. The summed E-state index contributed by atoms with van der Waals surface area (Å²) in [6.07, 6.45) is 4.71. The van der Waals surface area contributed by atoms with Crippen molar-refractivity contribution in [1.82, 2.24) is 0 Å². The molecule has 0 amide bonds. The van der Waals surface area contributed by atoms with Gasteiger partial charge in [-0.2, -0.15) is 0 Å². The Hall–Kier alpha value is -1.15. The van der Waals surface area contributed by atoms with Crippen molar-refractivity contribution in [3.63, 3.8) is 0 Å². The van der Waals surface area contributed by atoms with Crippen LogP contribution in [0.3, 0.4) is 0 Å². The monoisotopic (exact) mass is 192 g/mol. The van der Waals surface area contributed by atoms with E-state index in [-0.39, 0.29) is 5.82 Å². The lowest BCUT2D eigenvalue weighted by Crippen LogP contribution is -2.01. The average molecular weight is 192 g/mol. The maximum atomic E-state index is 12.6. The molecule has 2 heteroatoms. The molecule has 1 aliphatic rings. The second-order valence-corrected chi connectivity index (χ2v) is 3.67. The Morgan fingerprint density at radius 1 is 1.21 bits per heavy atom. The van der Waals surface area contributed by atoms with Gasteiger partial charge in [0, 0.05) is 0 Å². The van der Waals surface area contributed by atoms with Gasteiger partial charge in [-0.1, -0.05) is 23.8 Å². The molecule has 0 aromatic heterocycles. The largest absolute Gasteiger partial charge is 0.384 e. The molecule has 1 nitrogen and oxygen atoms in total. The molecule has 0 spiro atoms. The Morgan fingerprint density at radius 2 is 1.86 bits per heavy atom. The summed E-state index contributed by atoms with van der Waals surface area (Å²) in [5.41, 5.74) is 2.06. The Balaban J connectivity index is 2.10. The van der Waals surface area contributed by atoms with Gasteiger partial charge in [0.2, 0.25) is 0 Å². The molecule has 74 valence electrons. The molecule has 1 aromatic rings. The fraction of sp³-hybridized carbons (Fsp3) is 0.333. The van der Waals surface area contributed by atoms with Crippen molar-refractivity contribution in [2.75, 3.05) is 0 Å². The van der Waals surface area contributed by atoms with E-state index in [2.05, 4.69) is 0 Å². The molecule has 1 N–H and O–H groups in total. The van der Waals surface area contributed by atoms with Gasteiger partial charge in [0.1, 0.15) is 5.82 Å². The predicted molar refractivity (Wildman–Crippen MR) is 53.3 cm³/mol. The van der Waals surface area contributed by atoms with Gasteiger partial charge in [-0.05, 0) is 37.0 Å². The molecular formula is C12H13FO. The van der Waals surface area contributed by atoms with Crippen LogP contribution in [0.15, 0.2) is 35.9 Å². The lowest BCUT2D eigenvalue weighted by molar-refractivity contribution is 0.226. The first kappa shape index (κ1) is 9.41. The number of benzene rings is 1.